The van der Waals surface area contributed by atoms with Crippen molar-refractivity contribution >= 4 is 5.91 Å². The van der Waals surface area contributed by atoms with Gasteiger partial charge >= 0.3 is 0 Å². The van der Waals surface area contributed by atoms with E-state index in [9.17, 15) is 4.79 Å². The predicted octanol–water partition coefficient (Wildman–Crippen LogP) is 2.12. The number of amides is 1. The van der Waals surface area contributed by atoms with E-state index in [-0.39, 0.29) is 5.91 Å². The largest absolute Gasteiger partial charge is 0.383 e. The van der Waals surface area contributed by atoms with Crippen molar-refractivity contribution in [1.29, 1.82) is 0 Å². The van der Waals surface area contributed by atoms with Gasteiger partial charge in [0.05, 0.1) is 6.61 Å². The topological polar surface area (TPSA) is 56.1 Å². The van der Waals surface area contributed by atoms with Gasteiger partial charge in [-0.05, 0) is 26.0 Å². The number of benzene rings is 1. The maximum absolute atomic E-state index is 12.1. The fourth-order valence-corrected chi connectivity index (χ4v) is 2.37. The van der Waals surface area contributed by atoms with Crippen molar-refractivity contribution in [2.24, 2.45) is 0 Å². The summed E-state index contributed by atoms with van der Waals surface area (Å²) in [4.78, 5) is 16.5. The van der Waals surface area contributed by atoms with Crippen molar-refractivity contribution in [2.45, 2.75) is 26.8 Å². The quantitative estimate of drug-likeness (QED) is 0.852. The number of imidazole rings is 1. The van der Waals surface area contributed by atoms with E-state index in [1.807, 2.05) is 44.3 Å². The van der Waals surface area contributed by atoms with E-state index in [1.54, 1.807) is 7.11 Å². The van der Waals surface area contributed by atoms with Crippen LogP contribution in [-0.2, 0) is 17.7 Å². The zero-order valence-electron chi connectivity index (χ0n) is 13.4. The number of rotatable bonds is 7. The average molecular weight is 301 g/mol. The van der Waals surface area contributed by atoms with Gasteiger partial charge in [0.15, 0.2) is 0 Å². The van der Waals surface area contributed by atoms with E-state index < -0.39 is 0 Å². The number of ether oxygens (including phenoxy) is 1. The fourth-order valence-electron chi connectivity index (χ4n) is 2.37. The Morgan fingerprint density at radius 3 is 2.91 bits per heavy atom. The molecule has 0 aliphatic rings. The zero-order valence-corrected chi connectivity index (χ0v) is 13.4. The van der Waals surface area contributed by atoms with E-state index >= 15 is 0 Å². The molecule has 1 N–H and O–H groups in total. The maximum Gasteiger partial charge on any atom is 0.251 e. The lowest BCUT2D eigenvalue weighted by Crippen LogP contribution is -2.26. The van der Waals surface area contributed by atoms with Gasteiger partial charge in [0.2, 0.25) is 0 Å². The van der Waals surface area contributed by atoms with Gasteiger partial charge in [-0.25, -0.2) is 4.98 Å². The van der Waals surface area contributed by atoms with Crippen LogP contribution in [0, 0.1) is 13.8 Å². The summed E-state index contributed by atoms with van der Waals surface area (Å²) >= 11 is 0. The Morgan fingerprint density at radius 2 is 2.18 bits per heavy atom. The summed E-state index contributed by atoms with van der Waals surface area (Å²) in [6, 6.07) is 7.59. The third-order valence-electron chi connectivity index (χ3n) is 3.57. The molecule has 0 bridgehead atoms. The molecule has 22 heavy (non-hydrogen) atoms. The number of aromatic nitrogens is 2. The molecule has 0 aliphatic carbocycles. The lowest BCUT2D eigenvalue weighted by Gasteiger charge is -2.10. The smallest absolute Gasteiger partial charge is 0.251 e. The summed E-state index contributed by atoms with van der Waals surface area (Å²) in [6.07, 6.45) is 2.56. The number of hydrogen-bond acceptors (Lipinski definition) is 3. The first-order valence-electron chi connectivity index (χ1n) is 7.46. The van der Waals surface area contributed by atoms with Gasteiger partial charge in [-0.2, -0.15) is 0 Å². The van der Waals surface area contributed by atoms with E-state index in [2.05, 4.69) is 14.9 Å². The van der Waals surface area contributed by atoms with Gasteiger partial charge < -0.3 is 14.6 Å². The Morgan fingerprint density at radius 1 is 1.36 bits per heavy atom. The van der Waals surface area contributed by atoms with Crippen molar-refractivity contribution in [3.8, 4) is 0 Å². The van der Waals surface area contributed by atoms with Crippen LogP contribution in [0.2, 0.25) is 0 Å². The molecule has 0 radical (unpaired) electrons. The zero-order chi connectivity index (χ0) is 15.9. The van der Waals surface area contributed by atoms with Gasteiger partial charge in [-0.3, -0.25) is 4.79 Å². The first-order valence-corrected chi connectivity index (χ1v) is 7.46. The van der Waals surface area contributed by atoms with Crippen LogP contribution in [0.15, 0.2) is 30.5 Å². The highest BCUT2D eigenvalue weighted by Gasteiger charge is 2.08. The van der Waals surface area contributed by atoms with Crippen molar-refractivity contribution in [1.82, 2.24) is 14.9 Å². The van der Waals surface area contributed by atoms with Crippen LogP contribution >= 0.6 is 0 Å². The van der Waals surface area contributed by atoms with Gasteiger partial charge in [0.25, 0.3) is 5.91 Å². The molecule has 0 aliphatic heterocycles. The van der Waals surface area contributed by atoms with Gasteiger partial charge in [0, 0.05) is 44.1 Å². The molecule has 0 spiro atoms. The Hall–Kier alpha value is -2.14. The van der Waals surface area contributed by atoms with Crippen molar-refractivity contribution < 1.29 is 9.53 Å². The van der Waals surface area contributed by atoms with E-state index in [0.29, 0.717) is 25.1 Å². The van der Waals surface area contributed by atoms with Crippen LogP contribution in [0.3, 0.4) is 0 Å². The number of nitrogens with one attached hydrogen (secondary N) is 1. The SMILES string of the molecule is COCCn1c(C)cnc1CCNC(=O)c1cccc(C)c1. The molecule has 1 amide bonds. The van der Waals surface area contributed by atoms with E-state index in [1.165, 1.54) is 0 Å². The summed E-state index contributed by atoms with van der Waals surface area (Å²) in [7, 11) is 1.69. The predicted molar refractivity (Wildman–Crippen MR) is 86.1 cm³/mol. The summed E-state index contributed by atoms with van der Waals surface area (Å²) in [5.74, 6) is 0.925. The monoisotopic (exact) mass is 301 g/mol. The molecule has 5 heteroatoms. The lowest BCUT2D eigenvalue weighted by molar-refractivity contribution is 0.0953. The normalized spacial score (nSPS) is 10.7. The van der Waals surface area contributed by atoms with Gasteiger partial charge in [0.1, 0.15) is 5.82 Å². The summed E-state index contributed by atoms with van der Waals surface area (Å²) in [5, 5.41) is 2.94. The number of aryl methyl sites for hydroxylation is 2. The number of nitrogens with zero attached hydrogens (tertiary/aromatic N) is 2. The molecule has 2 rings (SSSR count). The van der Waals surface area contributed by atoms with Crippen LogP contribution in [-0.4, -0.2) is 35.7 Å². The second-order valence-corrected chi connectivity index (χ2v) is 5.34. The summed E-state index contributed by atoms with van der Waals surface area (Å²) in [5.41, 5.74) is 2.88. The van der Waals surface area contributed by atoms with Crippen LogP contribution < -0.4 is 5.32 Å². The molecular formula is C17H23N3O2. The van der Waals surface area contributed by atoms with Crippen LogP contribution in [0.1, 0.15) is 27.4 Å². The van der Waals surface area contributed by atoms with Crippen LogP contribution in [0.5, 0.6) is 0 Å². The fraction of sp³-hybridized carbons (Fsp3) is 0.412. The van der Waals surface area contributed by atoms with Gasteiger partial charge in [-0.1, -0.05) is 17.7 Å². The third-order valence-corrected chi connectivity index (χ3v) is 3.57. The van der Waals surface area contributed by atoms with E-state index in [0.717, 1.165) is 23.6 Å². The van der Waals surface area contributed by atoms with Crippen molar-refractivity contribution in [3.05, 3.63) is 53.1 Å². The van der Waals surface area contributed by atoms with Crippen LogP contribution in [0.25, 0.3) is 0 Å². The first-order chi connectivity index (χ1) is 10.6. The molecule has 0 saturated carbocycles. The summed E-state index contributed by atoms with van der Waals surface area (Å²) in [6.45, 7) is 6.00. The number of carbonyl (C=O) groups is 1. The third kappa shape index (κ3) is 4.18. The van der Waals surface area contributed by atoms with Crippen molar-refractivity contribution in [2.75, 3.05) is 20.3 Å². The molecular weight excluding hydrogens is 278 g/mol. The molecule has 5 nitrogen and oxygen atoms in total. The first kappa shape index (κ1) is 16.2. The van der Waals surface area contributed by atoms with Crippen LogP contribution in [0.4, 0.5) is 0 Å². The standard InChI is InChI=1S/C17H23N3O2/c1-13-5-4-6-15(11-13)17(21)18-8-7-16-19-12-14(2)20(16)9-10-22-3/h4-6,11-12H,7-10H2,1-3H3,(H,18,21). The van der Waals surface area contributed by atoms with Gasteiger partial charge in [-0.15, -0.1) is 0 Å². The molecule has 1 aromatic heterocycles. The van der Waals surface area contributed by atoms with Crippen molar-refractivity contribution in [3.63, 3.8) is 0 Å². The highest BCUT2D eigenvalue weighted by Crippen LogP contribution is 2.06. The molecule has 0 atom stereocenters. The lowest BCUT2D eigenvalue weighted by atomic mass is 10.1. The Labute approximate surface area is 131 Å². The molecule has 1 aromatic carbocycles. The molecule has 118 valence electrons. The highest BCUT2D eigenvalue weighted by atomic mass is 16.5. The molecule has 0 unspecified atom stereocenters. The number of methoxy groups -OCH3 is 1. The van der Waals surface area contributed by atoms with E-state index in [4.69, 9.17) is 4.74 Å². The Bertz CT molecular complexity index is 635. The summed E-state index contributed by atoms with van der Waals surface area (Å²) < 4.78 is 7.25. The molecule has 0 saturated heterocycles. The highest BCUT2D eigenvalue weighted by molar-refractivity contribution is 5.94. The minimum atomic E-state index is -0.0459. The molecule has 2 aromatic rings. The maximum atomic E-state index is 12.1. The molecule has 0 fully saturated rings. The Balaban J connectivity index is 1.90. The second-order valence-electron chi connectivity index (χ2n) is 5.34. The minimum absolute atomic E-state index is 0.0459. The second kappa shape index (κ2) is 7.75. The minimum Gasteiger partial charge on any atom is -0.383 e. The number of carbonyl (C=O) groups excluding carboxylic acids is 1. The number of hydrogen-bond donors (Lipinski definition) is 1. The Kier molecular flexibility index (Phi) is 5.72. The molecule has 1 heterocycles. The average Bonchev–Trinajstić information content (AvgIpc) is 2.85.